The molecule has 3 nitrogen and oxygen atoms in total. The van der Waals surface area contributed by atoms with E-state index in [1.54, 1.807) is 7.11 Å². The van der Waals surface area contributed by atoms with Gasteiger partial charge in [0.05, 0.1) is 18.3 Å². The van der Waals surface area contributed by atoms with Crippen LogP contribution < -0.4 is 9.64 Å². The van der Waals surface area contributed by atoms with Crippen LogP contribution in [0.3, 0.4) is 0 Å². The molecular formula is C23H26N2O. The third-order valence-electron chi connectivity index (χ3n) is 5.52. The summed E-state index contributed by atoms with van der Waals surface area (Å²) in [6, 6.07) is 17.4. The number of anilines is 1. The monoisotopic (exact) mass is 346 g/mol. The molecular weight excluding hydrogens is 320 g/mol. The van der Waals surface area contributed by atoms with Crippen LogP contribution in [0.5, 0.6) is 5.75 Å². The molecule has 0 radical (unpaired) electrons. The van der Waals surface area contributed by atoms with E-state index < -0.39 is 0 Å². The molecule has 0 bridgehead atoms. The molecule has 0 spiro atoms. The topological polar surface area (TPSA) is 25.4 Å². The SMILES string of the molecule is CCC1CCCCN1c1c(-c2ccccc2)cnc2ccc(OC)cc12. The molecule has 0 aliphatic carbocycles. The first-order chi connectivity index (χ1) is 12.8. The van der Waals surface area contributed by atoms with Crippen molar-refractivity contribution in [3.63, 3.8) is 0 Å². The Balaban J connectivity index is 1.98. The van der Waals surface area contributed by atoms with Gasteiger partial charge in [0.15, 0.2) is 0 Å². The van der Waals surface area contributed by atoms with E-state index in [4.69, 9.17) is 9.72 Å². The molecule has 134 valence electrons. The summed E-state index contributed by atoms with van der Waals surface area (Å²) in [6.07, 6.45) is 7.04. The number of rotatable bonds is 4. The minimum absolute atomic E-state index is 0.586. The zero-order valence-corrected chi connectivity index (χ0v) is 15.6. The maximum absolute atomic E-state index is 5.52. The van der Waals surface area contributed by atoms with E-state index in [0.29, 0.717) is 6.04 Å². The van der Waals surface area contributed by atoms with Crippen LogP contribution in [0.25, 0.3) is 22.0 Å². The summed E-state index contributed by atoms with van der Waals surface area (Å²) in [5.41, 5.74) is 4.78. The second kappa shape index (κ2) is 7.36. The molecule has 2 heterocycles. The molecule has 2 aromatic carbocycles. The maximum Gasteiger partial charge on any atom is 0.119 e. The first-order valence-electron chi connectivity index (χ1n) is 9.60. The number of piperidine rings is 1. The van der Waals surface area contributed by atoms with Gasteiger partial charge in [-0.1, -0.05) is 37.3 Å². The van der Waals surface area contributed by atoms with Gasteiger partial charge in [-0.3, -0.25) is 4.98 Å². The predicted octanol–water partition coefficient (Wildman–Crippen LogP) is 5.68. The Morgan fingerprint density at radius 3 is 2.73 bits per heavy atom. The van der Waals surface area contributed by atoms with Gasteiger partial charge in [0.1, 0.15) is 5.75 Å². The van der Waals surface area contributed by atoms with E-state index in [1.807, 2.05) is 12.3 Å². The van der Waals surface area contributed by atoms with Crippen LogP contribution in [0.2, 0.25) is 0 Å². The third-order valence-corrected chi connectivity index (χ3v) is 5.52. The highest BCUT2D eigenvalue weighted by Gasteiger charge is 2.25. The molecule has 0 saturated carbocycles. The number of pyridine rings is 1. The lowest BCUT2D eigenvalue weighted by Crippen LogP contribution is -2.39. The van der Waals surface area contributed by atoms with Crippen molar-refractivity contribution in [1.29, 1.82) is 0 Å². The molecule has 3 aromatic rings. The lowest BCUT2D eigenvalue weighted by Gasteiger charge is -2.39. The number of nitrogens with zero attached hydrogens (tertiary/aromatic N) is 2. The Labute approximate surface area is 155 Å². The number of aromatic nitrogens is 1. The van der Waals surface area contributed by atoms with Gasteiger partial charge in [-0.25, -0.2) is 0 Å². The van der Waals surface area contributed by atoms with Crippen molar-refractivity contribution in [1.82, 2.24) is 4.98 Å². The first-order valence-corrected chi connectivity index (χ1v) is 9.60. The third kappa shape index (κ3) is 3.03. The molecule has 3 heteroatoms. The van der Waals surface area contributed by atoms with Crippen LogP contribution in [0.15, 0.2) is 54.7 Å². The summed E-state index contributed by atoms with van der Waals surface area (Å²) in [4.78, 5) is 7.38. The smallest absolute Gasteiger partial charge is 0.119 e. The van der Waals surface area contributed by atoms with Crippen molar-refractivity contribution in [2.75, 3.05) is 18.6 Å². The van der Waals surface area contributed by atoms with Crippen molar-refractivity contribution >= 4 is 16.6 Å². The van der Waals surface area contributed by atoms with E-state index in [-0.39, 0.29) is 0 Å². The van der Waals surface area contributed by atoms with Crippen molar-refractivity contribution < 1.29 is 4.74 Å². The van der Waals surface area contributed by atoms with Gasteiger partial charge in [-0.05, 0) is 49.4 Å². The summed E-state index contributed by atoms with van der Waals surface area (Å²) in [5.74, 6) is 0.885. The van der Waals surface area contributed by atoms with Crippen LogP contribution in [0.1, 0.15) is 32.6 Å². The average Bonchev–Trinajstić information content (AvgIpc) is 2.73. The molecule has 1 aromatic heterocycles. The molecule has 1 saturated heterocycles. The molecule has 1 aliphatic heterocycles. The van der Waals surface area contributed by atoms with Gasteiger partial charge in [0.25, 0.3) is 0 Å². The van der Waals surface area contributed by atoms with Gasteiger partial charge in [0, 0.05) is 29.7 Å². The van der Waals surface area contributed by atoms with Gasteiger partial charge in [0.2, 0.25) is 0 Å². The average molecular weight is 346 g/mol. The number of fused-ring (bicyclic) bond motifs is 1. The van der Waals surface area contributed by atoms with E-state index in [2.05, 4.69) is 54.3 Å². The van der Waals surface area contributed by atoms with Crippen molar-refractivity contribution in [3.05, 3.63) is 54.7 Å². The fraction of sp³-hybridized carbons (Fsp3) is 0.348. The fourth-order valence-corrected chi connectivity index (χ4v) is 4.14. The van der Waals surface area contributed by atoms with Crippen LogP contribution in [0.4, 0.5) is 5.69 Å². The van der Waals surface area contributed by atoms with Crippen LogP contribution in [0, 0.1) is 0 Å². The summed E-state index contributed by atoms with van der Waals surface area (Å²) >= 11 is 0. The Bertz CT molecular complexity index is 891. The highest BCUT2D eigenvalue weighted by Crippen LogP contribution is 2.40. The number of benzene rings is 2. The molecule has 0 N–H and O–H groups in total. The molecule has 1 aliphatic rings. The predicted molar refractivity (Wildman–Crippen MR) is 109 cm³/mol. The van der Waals surface area contributed by atoms with Crippen LogP contribution >= 0.6 is 0 Å². The second-order valence-electron chi connectivity index (χ2n) is 7.02. The number of methoxy groups -OCH3 is 1. The van der Waals surface area contributed by atoms with Crippen molar-refractivity contribution in [2.45, 2.75) is 38.6 Å². The van der Waals surface area contributed by atoms with Crippen molar-refractivity contribution in [3.8, 4) is 16.9 Å². The van der Waals surface area contributed by atoms with E-state index in [0.717, 1.165) is 17.8 Å². The number of hydrogen-bond donors (Lipinski definition) is 0. The normalized spacial score (nSPS) is 17.5. The standard InChI is InChI=1S/C23H26N2O/c1-3-18-11-7-8-14-25(18)23-20-15-19(26-2)12-13-22(20)24-16-21(23)17-9-5-4-6-10-17/h4-6,9-10,12-13,15-16,18H,3,7-8,11,14H2,1-2H3. The zero-order chi connectivity index (χ0) is 17.9. The minimum atomic E-state index is 0.586. The van der Waals surface area contributed by atoms with Gasteiger partial charge >= 0.3 is 0 Å². The number of ether oxygens (including phenoxy) is 1. The quantitative estimate of drug-likeness (QED) is 0.608. The van der Waals surface area contributed by atoms with Gasteiger partial charge in [-0.15, -0.1) is 0 Å². The molecule has 26 heavy (non-hydrogen) atoms. The molecule has 4 rings (SSSR count). The second-order valence-corrected chi connectivity index (χ2v) is 7.02. The van der Waals surface area contributed by atoms with E-state index in [1.165, 1.54) is 47.9 Å². The summed E-state index contributed by atoms with van der Waals surface area (Å²) < 4.78 is 5.52. The maximum atomic E-state index is 5.52. The molecule has 1 unspecified atom stereocenters. The van der Waals surface area contributed by atoms with Gasteiger partial charge in [-0.2, -0.15) is 0 Å². The summed E-state index contributed by atoms with van der Waals surface area (Å²) in [6.45, 7) is 3.41. The van der Waals surface area contributed by atoms with Crippen LogP contribution in [-0.4, -0.2) is 24.7 Å². The van der Waals surface area contributed by atoms with E-state index in [9.17, 15) is 0 Å². The highest BCUT2D eigenvalue weighted by molar-refractivity contribution is 6.00. The summed E-state index contributed by atoms with van der Waals surface area (Å²) in [7, 11) is 1.73. The lowest BCUT2D eigenvalue weighted by atomic mass is 9.95. The largest absolute Gasteiger partial charge is 0.497 e. The zero-order valence-electron chi connectivity index (χ0n) is 15.6. The lowest BCUT2D eigenvalue weighted by molar-refractivity contribution is 0.415. The Morgan fingerprint density at radius 1 is 1.12 bits per heavy atom. The Morgan fingerprint density at radius 2 is 1.96 bits per heavy atom. The fourth-order valence-electron chi connectivity index (χ4n) is 4.14. The Hall–Kier alpha value is -2.55. The molecule has 0 amide bonds. The minimum Gasteiger partial charge on any atom is -0.497 e. The first kappa shape index (κ1) is 16.9. The van der Waals surface area contributed by atoms with Crippen molar-refractivity contribution in [2.24, 2.45) is 0 Å². The Kier molecular flexibility index (Phi) is 4.79. The van der Waals surface area contributed by atoms with Crippen LogP contribution in [-0.2, 0) is 0 Å². The molecule has 1 atom stereocenters. The summed E-state index contributed by atoms with van der Waals surface area (Å²) in [5, 5.41) is 1.19. The van der Waals surface area contributed by atoms with E-state index >= 15 is 0 Å². The molecule has 1 fully saturated rings. The highest BCUT2D eigenvalue weighted by atomic mass is 16.5. The number of hydrogen-bond acceptors (Lipinski definition) is 3. The van der Waals surface area contributed by atoms with Gasteiger partial charge < -0.3 is 9.64 Å².